The third-order valence-electron chi connectivity index (χ3n) is 3.28. The summed E-state index contributed by atoms with van der Waals surface area (Å²) in [6.45, 7) is 3.00. The summed E-state index contributed by atoms with van der Waals surface area (Å²) in [6, 6.07) is 1.92. The Morgan fingerprint density at radius 3 is 2.67 bits per heavy atom. The van der Waals surface area contributed by atoms with Gasteiger partial charge in [0.05, 0.1) is 6.10 Å². The molecule has 1 aliphatic carbocycles. The Balaban J connectivity index is 1.95. The number of aromatic nitrogens is 2. The number of aliphatic hydroxyl groups excluding tert-OH is 1. The number of aliphatic hydroxyl groups is 1. The molecule has 18 heavy (non-hydrogen) atoms. The number of nitrogens with one attached hydrogen (secondary N) is 2. The van der Waals surface area contributed by atoms with Gasteiger partial charge in [-0.2, -0.15) is 0 Å². The average Bonchev–Trinajstić information content (AvgIpc) is 2.33. The monoisotopic (exact) mass is 250 g/mol. The highest BCUT2D eigenvalue weighted by atomic mass is 16.3. The molecule has 1 saturated carbocycles. The first-order valence-corrected chi connectivity index (χ1v) is 6.69. The molecule has 0 spiro atoms. The molecule has 0 radical (unpaired) electrons. The molecule has 0 bridgehead atoms. The van der Waals surface area contributed by atoms with E-state index in [-0.39, 0.29) is 6.10 Å². The molecule has 2 rings (SSSR count). The minimum absolute atomic E-state index is 0.0919. The summed E-state index contributed by atoms with van der Waals surface area (Å²) in [5.74, 6) is 3.17. The van der Waals surface area contributed by atoms with Crippen LogP contribution in [0.2, 0.25) is 0 Å². The minimum atomic E-state index is -0.0919. The highest BCUT2D eigenvalue weighted by Crippen LogP contribution is 2.27. The van der Waals surface area contributed by atoms with Crippen molar-refractivity contribution in [2.24, 2.45) is 5.92 Å². The Labute approximate surface area is 108 Å². The molecule has 0 aliphatic heterocycles. The Bertz CT molecular complexity index is 391. The van der Waals surface area contributed by atoms with Crippen molar-refractivity contribution >= 4 is 11.6 Å². The van der Waals surface area contributed by atoms with Crippen molar-refractivity contribution in [3.05, 3.63) is 11.9 Å². The number of rotatable bonds is 6. The summed E-state index contributed by atoms with van der Waals surface area (Å²) in [5.41, 5.74) is 0. The summed E-state index contributed by atoms with van der Waals surface area (Å²) >= 11 is 0. The molecule has 1 aromatic heterocycles. The first-order chi connectivity index (χ1) is 8.71. The fourth-order valence-electron chi connectivity index (χ4n) is 2.17. The van der Waals surface area contributed by atoms with Gasteiger partial charge in [-0.25, -0.2) is 9.97 Å². The van der Waals surface area contributed by atoms with Crippen molar-refractivity contribution < 1.29 is 5.11 Å². The lowest BCUT2D eigenvalue weighted by Gasteiger charge is -2.31. The molecule has 1 aromatic rings. The second kappa shape index (κ2) is 6.00. The third-order valence-corrected chi connectivity index (χ3v) is 3.28. The van der Waals surface area contributed by atoms with E-state index in [1.54, 1.807) is 0 Å². The van der Waals surface area contributed by atoms with E-state index in [2.05, 4.69) is 27.5 Å². The van der Waals surface area contributed by atoms with E-state index in [0.717, 1.165) is 49.7 Å². The average molecular weight is 250 g/mol. The normalized spacial score (nSPS) is 22.4. The number of hydrogen-bond donors (Lipinski definition) is 3. The van der Waals surface area contributed by atoms with Gasteiger partial charge >= 0.3 is 0 Å². The van der Waals surface area contributed by atoms with E-state index >= 15 is 0 Å². The van der Waals surface area contributed by atoms with Gasteiger partial charge in [0.2, 0.25) is 0 Å². The van der Waals surface area contributed by atoms with Gasteiger partial charge in [0.1, 0.15) is 17.5 Å². The van der Waals surface area contributed by atoms with Gasteiger partial charge in [-0.3, -0.25) is 0 Å². The van der Waals surface area contributed by atoms with Crippen molar-refractivity contribution in [2.75, 3.05) is 24.2 Å². The van der Waals surface area contributed by atoms with Crippen LogP contribution in [0.4, 0.5) is 11.6 Å². The number of aryl methyl sites for hydroxylation is 1. The molecule has 1 aliphatic rings. The van der Waals surface area contributed by atoms with Gasteiger partial charge in [-0.05, 0) is 25.2 Å². The largest absolute Gasteiger partial charge is 0.393 e. The lowest BCUT2D eigenvalue weighted by Crippen LogP contribution is -2.33. The summed E-state index contributed by atoms with van der Waals surface area (Å²) < 4.78 is 0. The molecule has 0 atom stereocenters. The van der Waals surface area contributed by atoms with E-state index in [0.29, 0.717) is 5.92 Å². The second-order valence-electron chi connectivity index (χ2n) is 4.93. The summed E-state index contributed by atoms with van der Waals surface area (Å²) in [7, 11) is 1.87. The van der Waals surface area contributed by atoms with Crippen LogP contribution in [0.3, 0.4) is 0 Å². The first-order valence-electron chi connectivity index (χ1n) is 6.69. The number of hydrogen-bond acceptors (Lipinski definition) is 5. The molecule has 3 N–H and O–H groups in total. The maximum absolute atomic E-state index is 9.25. The van der Waals surface area contributed by atoms with Gasteiger partial charge in [0, 0.05) is 26.1 Å². The Kier molecular flexibility index (Phi) is 4.36. The predicted molar refractivity (Wildman–Crippen MR) is 72.8 cm³/mol. The van der Waals surface area contributed by atoms with Crippen LogP contribution < -0.4 is 10.6 Å². The second-order valence-corrected chi connectivity index (χ2v) is 4.93. The summed E-state index contributed by atoms with van der Waals surface area (Å²) in [4.78, 5) is 8.91. The van der Waals surface area contributed by atoms with Crippen molar-refractivity contribution in [3.8, 4) is 0 Å². The molecule has 1 heterocycles. The highest BCUT2D eigenvalue weighted by Gasteiger charge is 2.26. The SMILES string of the molecule is CCCc1nc(NC)cc(NCC2CC(O)C2)n1. The van der Waals surface area contributed by atoms with Crippen LogP contribution in [0.15, 0.2) is 6.07 Å². The standard InChI is InChI=1S/C13H22N4O/c1-3-4-11-16-12(14-2)7-13(17-11)15-8-9-5-10(18)6-9/h7,9-10,18H,3-6,8H2,1-2H3,(H2,14,15,16,17). The molecule has 0 saturated heterocycles. The fourth-order valence-corrected chi connectivity index (χ4v) is 2.17. The molecule has 0 unspecified atom stereocenters. The maximum Gasteiger partial charge on any atom is 0.133 e. The zero-order valence-corrected chi connectivity index (χ0v) is 11.1. The van der Waals surface area contributed by atoms with Crippen LogP contribution in [0.5, 0.6) is 0 Å². The summed E-state index contributed by atoms with van der Waals surface area (Å²) in [6.07, 6.45) is 3.65. The molecule has 5 nitrogen and oxygen atoms in total. The Morgan fingerprint density at radius 1 is 1.33 bits per heavy atom. The van der Waals surface area contributed by atoms with Crippen LogP contribution in [-0.2, 0) is 6.42 Å². The van der Waals surface area contributed by atoms with Crippen molar-refractivity contribution in [1.82, 2.24) is 9.97 Å². The predicted octanol–water partition coefficient (Wildman–Crippen LogP) is 1.65. The van der Waals surface area contributed by atoms with E-state index < -0.39 is 0 Å². The molecule has 0 aromatic carbocycles. The smallest absolute Gasteiger partial charge is 0.133 e. The third kappa shape index (κ3) is 3.32. The van der Waals surface area contributed by atoms with Crippen molar-refractivity contribution in [1.29, 1.82) is 0 Å². The Morgan fingerprint density at radius 2 is 2.06 bits per heavy atom. The van der Waals surface area contributed by atoms with Gasteiger partial charge in [0.25, 0.3) is 0 Å². The van der Waals surface area contributed by atoms with E-state index in [1.807, 2.05) is 13.1 Å². The first kappa shape index (κ1) is 13.1. The van der Waals surface area contributed by atoms with Gasteiger partial charge in [-0.1, -0.05) is 6.92 Å². The van der Waals surface area contributed by atoms with Crippen LogP contribution in [0.25, 0.3) is 0 Å². The molecule has 1 fully saturated rings. The van der Waals surface area contributed by atoms with Crippen molar-refractivity contribution in [3.63, 3.8) is 0 Å². The summed E-state index contributed by atoms with van der Waals surface area (Å²) in [5, 5.41) is 15.6. The van der Waals surface area contributed by atoms with E-state index in [9.17, 15) is 5.11 Å². The zero-order chi connectivity index (χ0) is 13.0. The van der Waals surface area contributed by atoms with Gasteiger partial charge in [-0.15, -0.1) is 0 Å². The molecule has 0 amide bonds. The van der Waals surface area contributed by atoms with Crippen LogP contribution in [0.1, 0.15) is 32.0 Å². The quantitative estimate of drug-likeness (QED) is 0.716. The lowest BCUT2D eigenvalue weighted by atomic mass is 9.82. The Hall–Kier alpha value is -1.36. The number of anilines is 2. The van der Waals surface area contributed by atoms with E-state index in [4.69, 9.17) is 0 Å². The van der Waals surface area contributed by atoms with Crippen LogP contribution >= 0.6 is 0 Å². The minimum Gasteiger partial charge on any atom is -0.393 e. The fraction of sp³-hybridized carbons (Fsp3) is 0.692. The molecular weight excluding hydrogens is 228 g/mol. The molecule has 100 valence electrons. The van der Waals surface area contributed by atoms with Gasteiger partial charge < -0.3 is 15.7 Å². The van der Waals surface area contributed by atoms with E-state index in [1.165, 1.54) is 0 Å². The number of nitrogens with zero attached hydrogens (tertiary/aromatic N) is 2. The molecule has 5 heteroatoms. The molecular formula is C13H22N4O. The van der Waals surface area contributed by atoms with Crippen LogP contribution in [-0.4, -0.2) is 34.8 Å². The highest BCUT2D eigenvalue weighted by molar-refractivity contribution is 5.47. The topological polar surface area (TPSA) is 70.1 Å². The lowest BCUT2D eigenvalue weighted by molar-refractivity contribution is 0.0486. The van der Waals surface area contributed by atoms with Crippen molar-refractivity contribution in [2.45, 2.75) is 38.7 Å². The van der Waals surface area contributed by atoms with Crippen LogP contribution in [0, 0.1) is 5.92 Å². The van der Waals surface area contributed by atoms with Gasteiger partial charge in [0.15, 0.2) is 0 Å². The zero-order valence-electron chi connectivity index (χ0n) is 11.1. The maximum atomic E-state index is 9.25.